The van der Waals surface area contributed by atoms with E-state index in [4.69, 9.17) is 4.74 Å². The molecule has 2 fully saturated rings. The molecule has 1 saturated heterocycles. The van der Waals surface area contributed by atoms with E-state index in [2.05, 4.69) is 5.10 Å². The van der Waals surface area contributed by atoms with E-state index in [0.29, 0.717) is 25.3 Å². The fraction of sp³-hybridized carbons (Fsp3) is 0.333. The molecule has 1 aromatic heterocycles. The number of hydrogen-bond donors (Lipinski definition) is 1. The number of nitrogens with zero attached hydrogens (tertiary/aromatic N) is 3. The number of halogens is 2. The van der Waals surface area contributed by atoms with Gasteiger partial charge in [-0.2, -0.15) is 5.10 Å². The highest BCUT2D eigenvalue weighted by Crippen LogP contribution is 2.51. The number of aryl methyl sites for hydroxylation is 1. The number of fused-ring (bicyclic) bond motifs is 1. The first-order valence-electron chi connectivity index (χ1n) is 9.46. The summed E-state index contributed by atoms with van der Waals surface area (Å²) in [5, 5.41) is 14.8. The van der Waals surface area contributed by atoms with Crippen molar-refractivity contribution in [2.45, 2.75) is 18.4 Å². The molecule has 0 spiro atoms. The number of aliphatic hydroxyl groups excluding tert-OH is 1. The van der Waals surface area contributed by atoms with E-state index in [1.54, 1.807) is 15.6 Å². The number of carbonyl (C=O) groups is 1. The lowest BCUT2D eigenvalue weighted by molar-refractivity contribution is -0.142. The van der Waals surface area contributed by atoms with Crippen LogP contribution in [0.5, 0.6) is 11.5 Å². The molecule has 1 N–H and O–H groups in total. The van der Waals surface area contributed by atoms with Gasteiger partial charge in [0.15, 0.2) is 11.6 Å². The maximum Gasteiger partial charge on any atom is 0.226 e. The molecule has 2 aliphatic rings. The lowest BCUT2D eigenvalue weighted by Gasteiger charge is -2.36. The van der Waals surface area contributed by atoms with Crippen LogP contribution in [0.4, 0.5) is 8.78 Å². The molecular weight excluding hydrogens is 380 g/mol. The van der Waals surface area contributed by atoms with E-state index in [1.807, 2.05) is 19.3 Å². The van der Waals surface area contributed by atoms with Gasteiger partial charge in [-0.1, -0.05) is 0 Å². The molecule has 0 bridgehead atoms. The van der Waals surface area contributed by atoms with E-state index in [9.17, 15) is 18.7 Å². The van der Waals surface area contributed by atoms with Gasteiger partial charge in [-0.05, 0) is 42.2 Å². The van der Waals surface area contributed by atoms with Crippen LogP contribution >= 0.6 is 0 Å². The van der Waals surface area contributed by atoms with Gasteiger partial charge in [-0.15, -0.1) is 0 Å². The number of β-amino-alcohol motifs (C(OH)–C–C–N with tert-alkyl or cyclic N) is 1. The number of aliphatic hydroxyl groups is 1. The first kappa shape index (κ1) is 18.1. The second-order valence-corrected chi connectivity index (χ2v) is 7.78. The lowest BCUT2D eigenvalue weighted by atomic mass is 10.0. The van der Waals surface area contributed by atoms with Gasteiger partial charge < -0.3 is 14.7 Å². The van der Waals surface area contributed by atoms with Crippen molar-refractivity contribution in [1.82, 2.24) is 14.7 Å². The van der Waals surface area contributed by atoms with Gasteiger partial charge in [0.1, 0.15) is 11.5 Å². The van der Waals surface area contributed by atoms with Crippen molar-refractivity contribution >= 4 is 16.8 Å². The molecule has 8 heteroatoms. The molecule has 0 radical (unpaired) electrons. The van der Waals surface area contributed by atoms with Gasteiger partial charge >= 0.3 is 0 Å². The fourth-order valence-corrected chi connectivity index (χ4v) is 3.95. The zero-order valence-electron chi connectivity index (χ0n) is 15.7. The molecule has 2 heterocycles. The average molecular weight is 399 g/mol. The van der Waals surface area contributed by atoms with Gasteiger partial charge in [-0.3, -0.25) is 9.48 Å². The minimum atomic E-state index is -0.977. The summed E-state index contributed by atoms with van der Waals surface area (Å²) >= 11 is 0. The van der Waals surface area contributed by atoms with Crippen LogP contribution in [-0.4, -0.2) is 44.9 Å². The van der Waals surface area contributed by atoms with Gasteiger partial charge in [0.05, 0.1) is 11.6 Å². The zero-order chi connectivity index (χ0) is 20.3. The highest BCUT2D eigenvalue weighted by molar-refractivity contribution is 5.88. The summed E-state index contributed by atoms with van der Waals surface area (Å²) in [6.45, 7) is 0.778. The quantitative estimate of drug-likeness (QED) is 0.733. The lowest BCUT2D eigenvalue weighted by Crippen LogP contribution is -2.54. The molecule has 3 aromatic rings. The van der Waals surface area contributed by atoms with Crippen molar-refractivity contribution in [2.75, 3.05) is 13.1 Å². The van der Waals surface area contributed by atoms with E-state index >= 15 is 0 Å². The van der Waals surface area contributed by atoms with Crippen molar-refractivity contribution < 1.29 is 23.4 Å². The predicted molar refractivity (Wildman–Crippen MR) is 101 cm³/mol. The maximum atomic E-state index is 13.5. The summed E-state index contributed by atoms with van der Waals surface area (Å²) in [7, 11) is 1.82. The van der Waals surface area contributed by atoms with Crippen molar-refractivity contribution in [2.24, 2.45) is 13.0 Å². The third kappa shape index (κ3) is 3.23. The molecule has 0 unspecified atom stereocenters. The van der Waals surface area contributed by atoms with E-state index in [1.165, 1.54) is 6.07 Å². The Labute approximate surface area is 165 Å². The highest BCUT2D eigenvalue weighted by atomic mass is 19.2. The largest absolute Gasteiger partial charge is 0.457 e. The number of ether oxygens (including phenoxy) is 1. The summed E-state index contributed by atoms with van der Waals surface area (Å²) < 4.78 is 34.1. The van der Waals surface area contributed by atoms with Gasteiger partial charge in [0.25, 0.3) is 0 Å². The van der Waals surface area contributed by atoms with Crippen LogP contribution < -0.4 is 4.74 Å². The molecule has 6 nitrogen and oxygen atoms in total. The first-order valence-corrected chi connectivity index (χ1v) is 9.46. The molecular formula is C21H19F2N3O3. The molecule has 1 aliphatic carbocycles. The number of carbonyl (C=O) groups excluding carboxylic acids is 1. The SMILES string of the molecule is Cn1cc2cc(Oc3ccc(F)c(F)c3)cc([C@H]3C[C@@H]3C(=O)N3CC(O)C3)c2n1. The fourth-order valence-electron chi connectivity index (χ4n) is 3.95. The Morgan fingerprint density at radius 1 is 1.17 bits per heavy atom. The Morgan fingerprint density at radius 2 is 1.97 bits per heavy atom. The molecule has 29 heavy (non-hydrogen) atoms. The Hall–Kier alpha value is -3.00. The molecule has 1 saturated carbocycles. The number of aromatic nitrogens is 2. The van der Waals surface area contributed by atoms with Gasteiger partial charge in [0.2, 0.25) is 5.91 Å². The first-order chi connectivity index (χ1) is 13.9. The summed E-state index contributed by atoms with van der Waals surface area (Å²) in [6, 6.07) is 6.99. The molecule has 1 aliphatic heterocycles. The molecule has 2 aromatic carbocycles. The number of amides is 1. The Kier molecular flexibility index (Phi) is 4.06. The van der Waals surface area contributed by atoms with Crippen molar-refractivity contribution in [3.05, 3.63) is 53.7 Å². The smallest absolute Gasteiger partial charge is 0.226 e. The Balaban J connectivity index is 1.45. The highest BCUT2D eigenvalue weighted by Gasteiger charge is 2.48. The molecule has 5 rings (SSSR count). The predicted octanol–water partition coefficient (Wildman–Crippen LogP) is 2.95. The van der Waals surface area contributed by atoms with Crippen molar-refractivity contribution in [1.29, 1.82) is 0 Å². The van der Waals surface area contributed by atoms with Crippen molar-refractivity contribution in [3.63, 3.8) is 0 Å². The normalized spacial score (nSPS) is 21.3. The average Bonchev–Trinajstić information content (AvgIpc) is 3.35. The standard InChI is InChI=1S/C21H19F2N3O3/c1-25-8-11-4-14(29-13-2-3-18(22)19(23)6-13)5-16(20(11)24-25)15-7-17(15)21(28)26-9-12(27)10-26/h2-6,8,12,15,17,27H,7,9-10H2,1H3/t15-,17+/m1/s1. The second-order valence-electron chi connectivity index (χ2n) is 7.78. The summed E-state index contributed by atoms with van der Waals surface area (Å²) in [5.41, 5.74) is 1.70. The Morgan fingerprint density at radius 3 is 2.69 bits per heavy atom. The van der Waals surface area contributed by atoms with E-state index in [0.717, 1.165) is 28.6 Å². The Bertz CT molecular complexity index is 1120. The zero-order valence-corrected chi connectivity index (χ0v) is 15.7. The van der Waals surface area contributed by atoms with Crippen LogP contribution in [0.15, 0.2) is 36.5 Å². The van der Waals surface area contributed by atoms with Gasteiger partial charge in [0, 0.05) is 43.7 Å². The summed E-state index contributed by atoms with van der Waals surface area (Å²) in [6.07, 6.45) is 2.14. The van der Waals surface area contributed by atoms with Crippen LogP contribution in [0.1, 0.15) is 17.9 Å². The third-order valence-electron chi connectivity index (χ3n) is 5.53. The third-order valence-corrected chi connectivity index (χ3v) is 5.53. The minimum absolute atomic E-state index is 0.0196. The second kappa shape index (κ2) is 6.52. The van der Waals surface area contributed by atoms with E-state index < -0.39 is 17.7 Å². The molecule has 2 atom stereocenters. The van der Waals surface area contributed by atoms with Crippen LogP contribution in [0.3, 0.4) is 0 Å². The minimum Gasteiger partial charge on any atom is -0.457 e. The summed E-state index contributed by atoms with van der Waals surface area (Å²) in [5.74, 6) is -1.31. The van der Waals surface area contributed by atoms with Crippen LogP contribution in [0.25, 0.3) is 10.9 Å². The molecule has 150 valence electrons. The maximum absolute atomic E-state index is 13.5. The van der Waals surface area contributed by atoms with Gasteiger partial charge in [-0.25, -0.2) is 8.78 Å². The number of hydrogen-bond acceptors (Lipinski definition) is 4. The number of likely N-dealkylation sites (tertiary alicyclic amines) is 1. The van der Waals surface area contributed by atoms with Crippen LogP contribution in [-0.2, 0) is 11.8 Å². The monoisotopic (exact) mass is 399 g/mol. The van der Waals surface area contributed by atoms with Crippen molar-refractivity contribution in [3.8, 4) is 11.5 Å². The van der Waals surface area contributed by atoms with E-state index in [-0.39, 0.29) is 23.5 Å². The number of benzene rings is 2. The topological polar surface area (TPSA) is 67.6 Å². The van der Waals surface area contributed by atoms with Crippen LogP contribution in [0, 0.1) is 17.6 Å². The van der Waals surface area contributed by atoms with Crippen LogP contribution in [0.2, 0.25) is 0 Å². The number of rotatable bonds is 4. The molecule has 1 amide bonds. The summed E-state index contributed by atoms with van der Waals surface area (Å²) in [4.78, 5) is 14.3.